The van der Waals surface area contributed by atoms with Crippen molar-refractivity contribution in [1.82, 2.24) is 5.32 Å². The van der Waals surface area contributed by atoms with Crippen LogP contribution >= 0.6 is 11.6 Å². The third kappa shape index (κ3) is 3.61. The molecule has 1 aromatic carbocycles. The molecule has 0 radical (unpaired) electrons. The van der Waals surface area contributed by atoms with Gasteiger partial charge in [-0.15, -0.1) is 0 Å². The van der Waals surface area contributed by atoms with Crippen LogP contribution in [-0.4, -0.2) is 39.8 Å². The molecule has 0 spiro atoms. The summed E-state index contributed by atoms with van der Waals surface area (Å²) in [6.45, 7) is -0.448. The maximum absolute atomic E-state index is 11.5. The van der Waals surface area contributed by atoms with E-state index in [9.17, 15) is 14.7 Å². The number of nitrogens with one attached hydrogen (secondary N) is 1. The summed E-state index contributed by atoms with van der Waals surface area (Å²) in [4.78, 5) is 21.8. The number of halogens is 1. The van der Waals surface area contributed by atoms with E-state index >= 15 is 0 Å². The van der Waals surface area contributed by atoms with Crippen LogP contribution < -0.4 is 5.32 Å². The zero-order chi connectivity index (χ0) is 13.0. The van der Waals surface area contributed by atoms with Gasteiger partial charge in [0.05, 0.1) is 12.1 Å². The van der Waals surface area contributed by atoms with Crippen molar-refractivity contribution < 1.29 is 24.9 Å². The van der Waals surface area contributed by atoms with Crippen LogP contribution in [0.4, 0.5) is 0 Å². The Labute approximate surface area is 101 Å². The molecule has 7 heteroatoms. The lowest BCUT2D eigenvalue weighted by Gasteiger charge is -2.08. The SMILES string of the molecule is O=C(NC[C@H](O)C(=O)O)c1ccc(Cl)cc1O. The summed E-state index contributed by atoms with van der Waals surface area (Å²) in [5, 5.41) is 29.2. The van der Waals surface area contributed by atoms with E-state index < -0.39 is 24.5 Å². The maximum atomic E-state index is 11.5. The number of hydrogen-bond donors (Lipinski definition) is 4. The van der Waals surface area contributed by atoms with E-state index in [0.29, 0.717) is 0 Å². The predicted octanol–water partition coefficient (Wildman–Crippen LogP) is 0.221. The largest absolute Gasteiger partial charge is 0.507 e. The van der Waals surface area contributed by atoms with Crippen LogP contribution in [0.3, 0.4) is 0 Å². The highest BCUT2D eigenvalue weighted by atomic mass is 35.5. The number of carbonyl (C=O) groups is 2. The fourth-order valence-electron chi connectivity index (χ4n) is 1.07. The van der Waals surface area contributed by atoms with Crippen LogP contribution in [-0.2, 0) is 4.79 Å². The fraction of sp³-hybridized carbons (Fsp3) is 0.200. The molecule has 0 unspecified atom stereocenters. The first-order chi connectivity index (χ1) is 7.91. The van der Waals surface area contributed by atoms with Crippen molar-refractivity contribution in [1.29, 1.82) is 0 Å². The van der Waals surface area contributed by atoms with Crippen LogP contribution in [0.1, 0.15) is 10.4 Å². The van der Waals surface area contributed by atoms with E-state index in [2.05, 4.69) is 5.32 Å². The van der Waals surface area contributed by atoms with Crippen LogP contribution in [0.5, 0.6) is 5.75 Å². The molecule has 0 aromatic heterocycles. The first-order valence-corrected chi connectivity index (χ1v) is 4.97. The molecule has 1 aromatic rings. The van der Waals surface area contributed by atoms with E-state index in [1.165, 1.54) is 18.2 Å². The molecule has 1 rings (SSSR count). The van der Waals surface area contributed by atoms with Gasteiger partial charge in [-0.25, -0.2) is 4.79 Å². The Morgan fingerprint density at radius 2 is 2.06 bits per heavy atom. The van der Waals surface area contributed by atoms with Gasteiger partial charge in [-0.1, -0.05) is 11.6 Å². The molecule has 0 saturated carbocycles. The van der Waals surface area contributed by atoms with Gasteiger partial charge in [0.15, 0.2) is 6.10 Å². The molecule has 1 atom stereocenters. The highest BCUT2D eigenvalue weighted by Gasteiger charge is 2.16. The summed E-state index contributed by atoms with van der Waals surface area (Å²) in [6, 6.07) is 3.88. The second-order valence-electron chi connectivity index (χ2n) is 3.23. The zero-order valence-corrected chi connectivity index (χ0v) is 9.31. The molecular formula is C10H10ClNO5. The minimum Gasteiger partial charge on any atom is -0.507 e. The third-order valence-corrected chi connectivity index (χ3v) is 2.18. The number of rotatable bonds is 4. The topological polar surface area (TPSA) is 107 Å². The lowest BCUT2D eigenvalue weighted by molar-refractivity contribution is -0.146. The van der Waals surface area contributed by atoms with Crippen molar-refractivity contribution in [3.63, 3.8) is 0 Å². The third-order valence-electron chi connectivity index (χ3n) is 1.95. The summed E-state index contributed by atoms with van der Waals surface area (Å²) in [6.07, 6.45) is -1.69. The molecular weight excluding hydrogens is 250 g/mol. The molecule has 0 saturated heterocycles. The maximum Gasteiger partial charge on any atom is 0.334 e. The molecule has 92 valence electrons. The normalized spacial score (nSPS) is 11.9. The number of hydrogen-bond acceptors (Lipinski definition) is 4. The minimum atomic E-state index is -1.69. The molecule has 0 bridgehead atoms. The number of carboxylic acids is 1. The van der Waals surface area contributed by atoms with Crippen molar-refractivity contribution in [3.8, 4) is 5.75 Å². The number of phenolic OH excluding ortho intramolecular Hbond substituents is 1. The Kier molecular flexibility index (Phi) is 4.30. The predicted molar refractivity (Wildman–Crippen MR) is 59.1 cm³/mol. The zero-order valence-electron chi connectivity index (χ0n) is 8.55. The average Bonchev–Trinajstić information content (AvgIpc) is 2.25. The van der Waals surface area contributed by atoms with Gasteiger partial charge in [0.1, 0.15) is 5.75 Å². The van der Waals surface area contributed by atoms with Gasteiger partial charge in [0.25, 0.3) is 5.91 Å². The Morgan fingerprint density at radius 1 is 1.41 bits per heavy atom. The molecule has 4 N–H and O–H groups in total. The Morgan fingerprint density at radius 3 is 2.59 bits per heavy atom. The van der Waals surface area contributed by atoms with Crippen LogP contribution in [0.2, 0.25) is 5.02 Å². The van der Waals surface area contributed by atoms with Gasteiger partial charge in [0.2, 0.25) is 0 Å². The van der Waals surface area contributed by atoms with E-state index in [-0.39, 0.29) is 16.3 Å². The van der Waals surface area contributed by atoms with Crippen LogP contribution in [0.15, 0.2) is 18.2 Å². The summed E-state index contributed by atoms with van der Waals surface area (Å²) in [7, 11) is 0. The van der Waals surface area contributed by atoms with Crippen LogP contribution in [0.25, 0.3) is 0 Å². The monoisotopic (exact) mass is 259 g/mol. The molecule has 17 heavy (non-hydrogen) atoms. The molecule has 0 aliphatic rings. The number of aromatic hydroxyl groups is 1. The number of carbonyl (C=O) groups excluding carboxylic acids is 1. The minimum absolute atomic E-state index is 0.0491. The average molecular weight is 260 g/mol. The lowest BCUT2D eigenvalue weighted by atomic mass is 10.2. The number of carboxylic acid groups (broad SMARTS) is 1. The second-order valence-corrected chi connectivity index (χ2v) is 3.66. The van der Waals surface area contributed by atoms with Gasteiger partial charge in [-0.2, -0.15) is 0 Å². The van der Waals surface area contributed by atoms with Gasteiger partial charge in [-0.3, -0.25) is 4.79 Å². The second kappa shape index (κ2) is 5.51. The van der Waals surface area contributed by atoms with Crippen molar-refractivity contribution >= 4 is 23.5 Å². The first-order valence-electron chi connectivity index (χ1n) is 4.59. The Hall–Kier alpha value is -1.79. The van der Waals surface area contributed by atoms with Gasteiger partial charge < -0.3 is 20.6 Å². The number of amides is 1. The van der Waals surface area contributed by atoms with E-state index in [0.717, 1.165) is 0 Å². The number of aliphatic hydroxyl groups excluding tert-OH is 1. The number of benzene rings is 1. The first kappa shape index (κ1) is 13.3. The number of aliphatic hydroxyl groups is 1. The molecule has 0 heterocycles. The van der Waals surface area contributed by atoms with Crippen molar-refractivity contribution in [2.75, 3.05) is 6.54 Å². The van der Waals surface area contributed by atoms with Gasteiger partial charge >= 0.3 is 5.97 Å². The molecule has 1 amide bonds. The van der Waals surface area contributed by atoms with E-state index in [4.69, 9.17) is 21.8 Å². The summed E-state index contributed by atoms with van der Waals surface area (Å²) < 4.78 is 0. The van der Waals surface area contributed by atoms with Crippen molar-refractivity contribution in [2.45, 2.75) is 6.10 Å². The van der Waals surface area contributed by atoms with E-state index in [1.807, 2.05) is 0 Å². The van der Waals surface area contributed by atoms with Crippen molar-refractivity contribution in [2.24, 2.45) is 0 Å². The summed E-state index contributed by atoms with van der Waals surface area (Å²) >= 11 is 5.58. The quantitative estimate of drug-likeness (QED) is 0.619. The lowest BCUT2D eigenvalue weighted by Crippen LogP contribution is -2.36. The Balaban J connectivity index is 2.67. The molecule has 0 fully saturated rings. The summed E-state index contributed by atoms with van der Waals surface area (Å²) in [5.41, 5.74) is -0.0491. The van der Waals surface area contributed by atoms with Crippen molar-refractivity contribution in [3.05, 3.63) is 28.8 Å². The number of aliphatic carboxylic acids is 1. The standard InChI is InChI=1S/C10H10ClNO5/c11-5-1-2-6(7(13)3-5)9(15)12-4-8(14)10(16)17/h1-3,8,13-14H,4H2,(H,12,15)(H,16,17)/t8-/m0/s1. The molecule has 0 aliphatic heterocycles. The molecule has 6 nitrogen and oxygen atoms in total. The molecule has 0 aliphatic carbocycles. The van der Waals surface area contributed by atoms with Gasteiger partial charge in [-0.05, 0) is 18.2 Å². The van der Waals surface area contributed by atoms with Gasteiger partial charge in [0, 0.05) is 5.02 Å². The smallest absolute Gasteiger partial charge is 0.334 e. The highest BCUT2D eigenvalue weighted by Crippen LogP contribution is 2.21. The van der Waals surface area contributed by atoms with E-state index in [1.54, 1.807) is 0 Å². The fourth-order valence-corrected chi connectivity index (χ4v) is 1.24. The summed E-state index contributed by atoms with van der Waals surface area (Å²) in [5.74, 6) is -2.45. The van der Waals surface area contributed by atoms with Crippen LogP contribution in [0, 0.1) is 0 Å². The highest BCUT2D eigenvalue weighted by molar-refractivity contribution is 6.30. The number of phenols is 1. The Bertz CT molecular complexity index is 448.